The first-order chi connectivity index (χ1) is 12.2. The molecular weight excluding hydrogens is 350 g/mol. The number of amides is 1. The second-order valence-electron chi connectivity index (χ2n) is 7.39. The van der Waals surface area contributed by atoms with Crippen LogP contribution in [0.4, 0.5) is 4.79 Å². The minimum Gasteiger partial charge on any atom is -0.444 e. The molecule has 6 nitrogen and oxygen atoms in total. The van der Waals surface area contributed by atoms with Gasteiger partial charge < -0.3 is 15.8 Å². The lowest BCUT2D eigenvalue weighted by atomic mass is 10.1. The number of nitrogens with zero attached hydrogens (tertiary/aromatic N) is 1. The monoisotopic (exact) mass is 377 g/mol. The van der Waals surface area contributed by atoms with Crippen molar-refractivity contribution in [3.63, 3.8) is 0 Å². The second kappa shape index (κ2) is 8.60. The van der Waals surface area contributed by atoms with Crippen LogP contribution in [0.1, 0.15) is 55.4 Å². The lowest BCUT2D eigenvalue weighted by Gasteiger charge is -2.19. The molecule has 142 valence electrons. The predicted octanol–water partition coefficient (Wildman–Crippen LogP) is 3.81. The number of Topliss-reactive ketones (excluding diaryl/α,β-unsaturated/α-hetero) is 1. The van der Waals surface area contributed by atoms with E-state index in [0.717, 1.165) is 28.6 Å². The molecule has 0 aliphatic carbocycles. The van der Waals surface area contributed by atoms with Crippen molar-refractivity contribution in [1.29, 1.82) is 0 Å². The Morgan fingerprint density at radius 1 is 1.31 bits per heavy atom. The third-order valence-electron chi connectivity index (χ3n) is 3.70. The minimum absolute atomic E-state index is 0.121. The molecule has 2 rings (SSSR count). The van der Waals surface area contributed by atoms with Gasteiger partial charge in [0.1, 0.15) is 5.60 Å². The van der Waals surface area contributed by atoms with E-state index in [1.807, 2.05) is 45.9 Å². The number of hydrogen-bond acceptors (Lipinski definition) is 6. The minimum atomic E-state index is -0.571. The summed E-state index contributed by atoms with van der Waals surface area (Å²) in [7, 11) is 0. The molecule has 0 radical (unpaired) electrons. The largest absolute Gasteiger partial charge is 0.444 e. The highest BCUT2D eigenvalue weighted by molar-refractivity contribution is 7.20. The Labute approximate surface area is 158 Å². The lowest BCUT2D eigenvalue weighted by Crippen LogP contribution is -2.33. The Morgan fingerprint density at radius 2 is 2.04 bits per heavy atom. The topological polar surface area (TPSA) is 94.3 Å². The molecule has 26 heavy (non-hydrogen) atoms. The number of aryl methyl sites for hydroxylation is 1. The molecule has 1 atom stereocenters. The average molecular weight is 378 g/mol. The van der Waals surface area contributed by atoms with Gasteiger partial charge in [-0.05, 0) is 64.7 Å². The maximum Gasteiger partial charge on any atom is 0.407 e. The number of nitrogens with two attached hydrogens (primary N) is 1. The van der Waals surface area contributed by atoms with Gasteiger partial charge in [-0.1, -0.05) is 6.07 Å². The standard InChI is InChI=1S/C19H27N3O3S/c1-12-8-9-15-14(11-12)22-17(26-15)16(23)13(20)7-5-6-10-21-18(24)25-19(2,3)4/h8-9,11,13H,5-7,10,20H2,1-4H3,(H,21,24). The van der Waals surface area contributed by atoms with Crippen molar-refractivity contribution in [2.24, 2.45) is 5.73 Å². The quantitative estimate of drug-likeness (QED) is 0.565. The number of ether oxygens (including phenoxy) is 1. The molecule has 1 aromatic heterocycles. The van der Waals surface area contributed by atoms with Gasteiger partial charge in [-0.2, -0.15) is 0 Å². The van der Waals surface area contributed by atoms with E-state index >= 15 is 0 Å². The first-order valence-corrected chi connectivity index (χ1v) is 9.61. The highest BCUT2D eigenvalue weighted by atomic mass is 32.1. The first-order valence-electron chi connectivity index (χ1n) is 8.79. The van der Waals surface area contributed by atoms with Crippen LogP contribution in [0.3, 0.4) is 0 Å². The zero-order valence-electron chi connectivity index (χ0n) is 15.8. The van der Waals surface area contributed by atoms with Gasteiger partial charge in [0.15, 0.2) is 5.01 Å². The molecule has 0 bridgehead atoms. The van der Waals surface area contributed by atoms with Crippen LogP contribution in [0.15, 0.2) is 18.2 Å². The van der Waals surface area contributed by atoms with Crippen molar-refractivity contribution in [3.8, 4) is 0 Å². The zero-order valence-corrected chi connectivity index (χ0v) is 16.6. The Kier molecular flexibility index (Phi) is 6.72. The summed E-state index contributed by atoms with van der Waals surface area (Å²) < 4.78 is 6.16. The number of alkyl carbamates (subject to hydrolysis) is 1. The SMILES string of the molecule is Cc1ccc2sc(C(=O)C(N)CCCCNC(=O)OC(C)(C)C)nc2c1. The van der Waals surface area contributed by atoms with Crippen molar-refractivity contribution < 1.29 is 14.3 Å². The van der Waals surface area contributed by atoms with Crippen molar-refractivity contribution >= 4 is 33.4 Å². The molecule has 7 heteroatoms. The Morgan fingerprint density at radius 3 is 2.73 bits per heavy atom. The number of carbonyl (C=O) groups is 2. The zero-order chi connectivity index (χ0) is 19.3. The van der Waals surface area contributed by atoms with Gasteiger partial charge in [-0.25, -0.2) is 9.78 Å². The van der Waals surface area contributed by atoms with Gasteiger partial charge in [0.2, 0.25) is 5.78 Å². The van der Waals surface area contributed by atoms with Gasteiger partial charge in [-0.15, -0.1) is 11.3 Å². The van der Waals surface area contributed by atoms with E-state index in [-0.39, 0.29) is 5.78 Å². The maximum absolute atomic E-state index is 12.5. The van der Waals surface area contributed by atoms with Crippen LogP contribution in [0, 0.1) is 6.92 Å². The first kappa shape index (κ1) is 20.3. The third-order valence-corrected chi connectivity index (χ3v) is 4.75. The summed E-state index contributed by atoms with van der Waals surface area (Å²) in [5.74, 6) is -0.121. The van der Waals surface area contributed by atoms with E-state index in [4.69, 9.17) is 10.5 Å². The number of aromatic nitrogens is 1. The molecule has 1 amide bonds. The highest BCUT2D eigenvalue weighted by Crippen LogP contribution is 2.24. The maximum atomic E-state index is 12.5. The molecular formula is C19H27N3O3S. The van der Waals surface area contributed by atoms with Gasteiger partial charge in [0.05, 0.1) is 16.3 Å². The van der Waals surface area contributed by atoms with E-state index in [0.29, 0.717) is 18.0 Å². The molecule has 0 aliphatic heterocycles. The molecule has 2 aromatic rings. The van der Waals surface area contributed by atoms with Crippen molar-refractivity contribution in [2.75, 3.05) is 6.54 Å². The summed E-state index contributed by atoms with van der Waals surface area (Å²) in [6.07, 6.45) is 1.61. The van der Waals surface area contributed by atoms with Crippen molar-refractivity contribution in [3.05, 3.63) is 28.8 Å². The Hall–Kier alpha value is -1.99. The number of nitrogens with one attached hydrogen (secondary N) is 1. The second-order valence-corrected chi connectivity index (χ2v) is 8.42. The van der Waals surface area contributed by atoms with Gasteiger partial charge in [0, 0.05) is 6.54 Å². The van der Waals surface area contributed by atoms with Gasteiger partial charge >= 0.3 is 6.09 Å². The fourth-order valence-corrected chi connectivity index (χ4v) is 3.38. The number of carbonyl (C=O) groups excluding carboxylic acids is 2. The molecule has 0 fully saturated rings. The smallest absolute Gasteiger partial charge is 0.407 e. The van der Waals surface area contributed by atoms with Crippen LogP contribution in [0.5, 0.6) is 0 Å². The Bertz CT molecular complexity index is 780. The normalized spacial score (nSPS) is 12.8. The fraction of sp³-hybridized carbons (Fsp3) is 0.526. The van der Waals surface area contributed by atoms with Crippen LogP contribution in [-0.2, 0) is 4.74 Å². The summed E-state index contributed by atoms with van der Waals surface area (Å²) in [6, 6.07) is 5.38. The summed E-state index contributed by atoms with van der Waals surface area (Å²) in [5, 5.41) is 3.16. The van der Waals surface area contributed by atoms with Crippen molar-refractivity contribution in [2.45, 2.75) is 58.6 Å². The summed E-state index contributed by atoms with van der Waals surface area (Å²) in [6.45, 7) is 7.95. The Balaban J connectivity index is 1.75. The number of fused-ring (bicyclic) bond motifs is 1. The molecule has 0 saturated carbocycles. The number of ketones is 1. The highest BCUT2D eigenvalue weighted by Gasteiger charge is 2.20. The number of hydrogen-bond donors (Lipinski definition) is 2. The molecule has 3 N–H and O–H groups in total. The molecule has 0 spiro atoms. The number of rotatable bonds is 7. The van der Waals surface area contributed by atoms with E-state index < -0.39 is 17.7 Å². The lowest BCUT2D eigenvalue weighted by molar-refractivity contribution is 0.0526. The fourth-order valence-electron chi connectivity index (χ4n) is 2.43. The van der Waals surface area contributed by atoms with Crippen LogP contribution in [-0.4, -0.2) is 35.0 Å². The van der Waals surface area contributed by atoms with Gasteiger partial charge in [0.25, 0.3) is 0 Å². The van der Waals surface area contributed by atoms with Gasteiger partial charge in [-0.3, -0.25) is 4.79 Å². The summed E-state index contributed by atoms with van der Waals surface area (Å²) in [5.41, 5.74) is 7.48. The van der Waals surface area contributed by atoms with Crippen LogP contribution in [0.25, 0.3) is 10.2 Å². The molecule has 0 saturated heterocycles. The van der Waals surface area contributed by atoms with Crippen LogP contribution >= 0.6 is 11.3 Å². The third kappa shape index (κ3) is 6.07. The number of benzene rings is 1. The van der Waals surface area contributed by atoms with Crippen LogP contribution < -0.4 is 11.1 Å². The van der Waals surface area contributed by atoms with E-state index in [1.54, 1.807) is 0 Å². The summed E-state index contributed by atoms with van der Waals surface area (Å²) in [4.78, 5) is 28.4. The van der Waals surface area contributed by atoms with Crippen LogP contribution in [0.2, 0.25) is 0 Å². The molecule has 1 unspecified atom stereocenters. The number of thiazole rings is 1. The average Bonchev–Trinajstić information content (AvgIpc) is 2.94. The number of unbranched alkanes of at least 4 members (excludes halogenated alkanes) is 1. The van der Waals surface area contributed by atoms with E-state index in [1.165, 1.54) is 11.3 Å². The molecule has 1 heterocycles. The van der Waals surface area contributed by atoms with E-state index in [2.05, 4.69) is 10.3 Å². The predicted molar refractivity (Wildman–Crippen MR) is 105 cm³/mol. The molecule has 0 aliphatic rings. The summed E-state index contributed by atoms with van der Waals surface area (Å²) >= 11 is 1.38. The van der Waals surface area contributed by atoms with Crippen molar-refractivity contribution in [1.82, 2.24) is 10.3 Å². The molecule has 1 aromatic carbocycles. The van der Waals surface area contributed by atoms with E-state index in [9.17, 15) is 9.59 Å².